The van der Waals surface area contributed by atoms with Gasteiger partial charge in [-0.1, -0.05) is 19.9 Å². The Morgan fingerprint density at radius 2 is 2.15 bits per heavy atom. The van der Waals surface area contributed by atoms with Gasteiger partial charge in [-0.25, -0.2) is 0 Å². The van der Waals surface area contributed by atoms with E-state index in [4.69, 9.17) is 0 Å². The van der Waals surface area contributed by atoms with E-state index in [0.717, 1.165) is 12.1 Å². The average molecular weight is 377 g/mol. The molecule has 2 heterocycles. The molecule has 3 atom stereocenters. The quantitative estimate of drug-likeness (QED) is 0.717. The van der Waals surface area contributed by atoms with E-state index in [1.54, 1.807) is 12.4 Å². The topological polar surface area (TPSA) is 85.8 Å². The van der Waals surface area contributed by atoms with Crippen molar-refractivity contribution < 1.29 is 14.7 Å². The summed E-state index contributed by atoms with van der Waals surface area (Å²) in [5, 5.41) is 13.1. The van der Waals surface area contributed by atoms with Crippen LogP contribution in [0.5, 0.6) is 0 Å². The maximum atomic E-state index is 13.0. The van der Waals surface area contributed by atoms with E-state index in [1.165, 1.54) is 0 Å². The van der Waals surface area contributed by atoms with Crippen molar-refractivity contribution in [2.45, 2.75) is 38.3 Å². The van der Waals surface area contributed by atoms with Crippen molar-refractivity contribution in [1.29, 1.82) is 0 Å². The lowest BCUT2D eigenvalue weighted by atomic mass is 9.83. The van der Waals surface area contributed by atoms with E-state index in [1.807, 2.05) is 56.9 Å². The normalized spacial score (nSPS) is 25.9. The number of amides is 1. The van der Waals surface area contributed by atoms with Crippen LogP contribution in [-0.2, 0) is 9.59 Å². The van der Waals surface area contributed by atoms with Gasteiger partial charge < -0.3 is 15.3 Å². The number of pyridine rings is 1. The summed E-state index contributed by atoms with van der Waals surface area (Å²) in [6.45, 7) is 5.31. The van der Waals surface area contributed by atoms with Gasteiger partial charge in [0.05, 0.1) is 5.92 Å². The Morgan fingerprint density at radius 1 is 1.44 bits per heavy atom. The molecule has 0 unspecified atom stereocenters. The van der Waals surface area contributed by atoms with E-state index in [0.29, 0.717) is 19.4 Å². The maximum absolute atomic E-state index is 13.0. The zero-order valence-corrected chi connectivity index (χ0v) is 17.0. The highest BCUT2D eigenvalue weighted by Gasteiger charge is 2.57. The zero-order chi connectivity index (χ0) is 20.2. The first kappa shape index (κ1) is 21.3. The van der Waals surface area contributed by atoms with Gasteiger partial charge in [0, 0.05) is 31.5 Å². The summed E-state index contributed by atoms with van der Waals surface area (Å²) in [5.41, 5.74) is -0.183. The van der Waals surface area contributed by atoms with Crippen molar-refractivity contribution in [3.05, 3.63) is 30.1 Å². The number of rotatable bonds is 8. The highest BCUT2D eigenvalue weighted by molar-refractivity contribution is 5.85. The minimum Gasteiger partial charge on any atom is -0.480 e. The summed E-state index contributed by atoms with van der Waals surface area (Å²) < 4.78 is 0. The Hall–Kier alpha value is -1.99. The molecule has 1 aromatic heterocycles. The molecule has 2 rings (SSSR count). The third-order valence-corrected chi connectivity index (χ3v) is 5.40. The molecule has 7 heteroatoms. The Labute approximate surface area is 161 Å². The molecule has 27 heavy (non-hydrogen) atoms. The van der Waals surface area contributed by atoms with Gasteiger partial charge in [0.25, 0.3) is 0 Å². The number of carbonyl (C=O) groups is 2. The van der Waals surface area contributed by atoms with Crippen LogP contribution in [0, 0.1) is 11.8 Å². The highest BCUT2D eigenvalue weighted by Crippen LogP contribution is 2.48. The van der Waals surface area contributed by atoms with Crippen LogP contribution in [-0.4, -0.2) is 71.5 Å². The van der Waals surface area contributed by atoms with E-state index < -0.39 is 17.4 Å². The van der Waals surface area contributed by atoms with E-state index in [2.05, 4.69) is 10.3 Å². The maximum Gasteiger partial charge on any atom is 0.324 e. The summed E-state index contributed by atoms with van der Waals surface area (Å²) in [6.07, 6.45) is 4.21. The van der Waals surface area contributed by atoms with Crippen LogP contribution in [0.2, 0.25) is 0 Å². The molecule has 0 saturated carbocycles. The van der Waals surface area contributed by atoms with Crippen molar-refractivity contribution in [3.8, 4) is 0 Å². The Balaban J connectivity index is 2.36. The monoisotopic (exact) mass is 376 g/mol. The fraction of sp³-hybridized carbons (Fsp3) is 0.650. The van der Waals surface area contributed by atoms with Gasteiger partial charge in [-0.15, -0.1) is 0 Å². The van der Waals surface area contributed by atoms with E-state index >= 15 is 0 Å². The van der Waals surface area contributed by atoms with Gasteiger partial charge in [-0.05, 0) is 51.5 Å². The number of hydrogen-bond donors (Lipinski definition) is 2. The summed E-state index contributed by atoms with van der Waals surface area (Å²) in [5.74, 6) is -1.19. The first-order chi connectivity index (χ1) is 12.7. The third-order valence-electron chi connectivity index (χ3n) is 5.40. The molecule has 1 aliphatic rings. The van der Waals surface area contributed by atoms with Gasteiger partial charge >= 0.3 is 5.97 Å². The standard InChI is InChI=1S/C20H32N4O3/c1-14(2)11-20(19(26)27)12-16(18(25)22-9-10-23(3)4)17(24(20)5)15-7-6-8-21-13-15/h6-8,13-14,16-17H,9-12H2,1-5H3,(H,22,25)(H,26,27)/t16-,17-,20-/m0/s1. The van der Waals surface area contributed by atoms with E-state index in [9.17, 15) is 14.7 Å². The van der Waals surface area contributed by atoms with Crippen LogP contribution in [0.1, 0.15) is 38.3 Å². The largest absolute Gasteiger partial charge is 0.480 e. The van der Waals surface area contributed by atoms with Crippen LogP contribution < -0.4 is 5.32 Å². The molecule has 7 nitrogen and oxygen atoms in total. The molecule has 1 amide bonds. The number of aliphatic carboxylic acids is 1. The van der Waals surface area contributed by atoms with Gasteiger partial charge in [0.1, 0.15) is 5.54 Å². The van der Waals surface area contributed by atoms with Gasteiger partial charge in [-0.2, -0.15) is 0 Å². The van der Waals surface area contributed by atoms with Gasteiger partial charge in [-0.3, -0.25) is 19.5 Å². The van der Waals surface area contributed by atoms with Gasteiger partial charge in [0.15, 0.2) is 0 Å². The van der Waals surface area contributed by atoms with Crippen LogP contribution >= 0.6 is 0 Å². The molecule has 0 aliphatic carbocycles. The minimum atomic E-state index is -1.06. The fourth-order valence-corrected chi connectivity index (χ4v) is 4.16. The molecule has 1 aliphatic heterocycles. The first-order valence-corrected chi connectivity index (χ1v) is 9.47. The van der Waals surface area contributed by atoms with Crippen molar-refractivity contribution in [2.24, 2.45) is 11.8 Å². The van der Waals surface area contributed by atoms with Crippen molar-refractivity contribution in [2.75, 3.05) is 34.2 Å². The molecule has 1 aromatic rings. The van der Waals surface area contributed by atoms with Gasteiger partial charge in [0.2, 0.25) is 5.91 Å². The Morgan fingerprint density at radius 3 is 2.67 bits per heavy atom. The second-order valence-corrected chi connectivity index (χ2v) is 8.18. The SMILES string of the molecule is CC(C)C[C@@]1(C(=O)O)C[C@H](C(=O)NCCN(C)C)[C@H](c2cccnc2)N1C. The predicted octanol–water partition coefficient (Wildman–Crippen LogP) is 1.62. The Bertz CT molecular complexity index is 650. The minimum absolute atomic E-state index is 0.0931. The molecular formula is C20H32N4O3. The van der Waals surface area contributed by atoms with Crippen molar-refractivity contribution >= 4 is 11.9 Å². The van der Waals surface area contributed by atoms with Crippen LogP contribution in [0.3, 0.4) is 0 Å². The third kappa shape index (κ3) is 4.65. The second kappa shape index (κ2) is 8.80. The van der Waals surface area contributed by atoms with Crippen molar-refractivity contribution in [3.63, 3.8) is 0 Å². The fourth-order valence-electron chi connectivity index (χ4n) is 4.16. The van der Waals surface area contributed by atoms with Crippen LogP contribution in [0.4, 0.5) is 0 Å². The first-order valence-electron chi connectivity index (χ1n) is 9.47. The lowest BCUT2D eigenvalue weighted by Gasteiger charge is -2.36. The summed E-state index contributed by atoms with van der Waals surface area (Å²) >= 11 is 0. The highest BCUT2D eigenvalue weighted by atomic mass is 16.4. The zero-order valence-electron chi connectivity index (χ0n) is 17.0. The molecule has 0 bridgehead atoms. The van der Waals surface area contributed by atoms with E-state index in [-0.39, 0.29) is 17.9 Å². The number of nitrogens with zero attached hydrogens (tertiary/aromatic N) is 3. The second-order valence-electron chi connectivity index (χ2n) is 8.18. The molecule has 150 valence electrons. The summed E-state index contributed by atoms with van der Waals surface area (Å²) in [4.78, 5) is 33.4. The lowest BCUT2D eigenvalue weighted by molar-refractivity contribution is -0.151. The number of carboxylic acid groups (broad SMARTS) is 1. The lowest BCUT2D eigenvalue weighted by Crippen LogP contribution is -2.50. The van der Waals surface area contributed by atoms with Crippen LogP contribution in [0.25, 0.3) is 0 Å². The molecule has 0 spiro atoms. The molecule has 0 aromatic carbocycles. The number of hydrogen-bond acceptors (Lipinski definition) is 5. The van der Waals surface area contributed by atoms with Crippen LogP contribution in [0.15, 0.2) is 24.5 Å². The molecule has 1 fully saturated rings. The number of nitrogens with one attached hydrogen (secondary N) is 1. The number of likely N-dealkylation sites (N-methyl/N-ethyl adjacent to an activating group) is 2. The average Bonchev–Trinajstić information content (AvgIpc) is 2.88. The summed E-state index contributed by atoms with van der Waals surface area (Å²) in [7, 11) is 5.72. The molecular weight excluding hydrogens is 344 g/mol. The smallest absolute Gasteiger partial charge is 0.324 e. The molecule has 2 N–H and O–H groups in total. The number of aromatic nitrogens is 1. The summed E-state index contributed by atoms with van der Waals surface area (Å²) in [6, 6.07) is 3.43. The number of likely N-dealkylation sites (tertiary alicyclic amines) is 1. The predicted molar refractivity (Wildman–Crippen MR) is 104 cm³/mol. The van der Waals surface area contributed by atoms with Crippen molar-refractivity contribution in [1.82, 2.24) is 20.1 Å². The molecule has 0 radical (unpaired) electrons. The number of carbonyl (C=O) groups excluding carboxylic acids is 1. The Kier molecular flexibility index (Phi) is 6.95. The number of carboxylic acids is 1. The molecule has 1 saturated heterocycles.